The first kappa shape index (κ1) is 9.53. The molecule has 0 atom stereocenters. The fraction of sp³-hybridized carbons (Fsp3) is 0.636. The lowest BCUT2D eigenvalue weighted by molar-refractivity contribution is 0.297. The van der Waals surface area contributed by atoms with Crippen molar-refractivity contribution in [2.75, 3.05) is 19.6 Å². The standard InChI is InChI=1S/C11H19N/c1-10(2)4-7-12-8-5-11(3)6-9-12/h5H,1,4,6-9H2,2-3H3. The lowest BCUT2D eigenvalue weighted by Gasteiger charge is -2.24. The fourth-order valence-corrected chi connectivity index (χ4v) is 1.36. The molecule has 0 aromatic rings. The van der Waals surface area contributed by atoms with Crippen LogP contribution in [0.15, 0.2) is 23.8 Å². The topological polar surface area (TPSA) is 3.24 Å². The van der Waals surface area contributed by atoms with Crippen LogP contribution in [0, 0.1) is 0 Å². The summed E-state index contributed by atoms with van der Waals surface area (Å²) in [6.07, 6.45) is 4.73. The predicted molar refractivity (Wildman–Crippen MR) is 54.2 cm³/mol. The molecule has 12 heavy (non-hydrogen) atoms. The monoisotopic (exact) mass is 165 g/mol. The number of hydrogen-bond acceptors (Lipinski definition) is 1. The zero-order chi connectivity index (χ0) is 8.97. The van der Waals surface area contributed by atoms with Crippen LogP contribution in [0.4, 0.5) is 0 Å². The molecule has 0 saturated carbocycles. The average Bonchev–Trinajstić information content (AvgIpc) is 2.03. The summed E-state index contributed by atoms with van der Waals surface area (Å²) in [6, 6.07) is 0. The molecule has 1 heterocycles. The highest BCUT2D eigenvalue weighted by Gasteiger charge is 2.07. The van der Waals surface area contributed by atoms with Gasteiger partial charge < -0.3 is 0 Å². The van der Waals surface area contributed by atoms with Crippen molar-refractivity contribution < 1.29 is 0 Å². The molecule has 1 nitrogen and oxygen atoms in total. The fourth-order valence-electron chi connectivity index (χ4n) is 1.36. The number of rotatable bonds is 3. The van der Waals surface area contributed by atoms with E-state index in [2.05, 4.69) is 31.4 Å². The van der Waals surface area contributed by atoms with Gasteiger partial charge in [-0.15, -0.1) is 6.58 Å². The van der Waals surface area contributed by atoms with Crippen LogP contribution >= 0.6 is 0 Å². The Labute approximate surface area is 75.8 Å². The average molecular weight is 165 g/mol. The summed E-state index contributed by atoms with van der Waals surface area (Å²) in [7, 11) is 0. The highest BCUT2D eigenvalue weighted by atomic mass is 15.1. The van der Waals surface area contributed by atoms with Crippen LogP contribution in [0.2, 0.25) is 0 Å². The van der Waals surface area contributed by atoms with Gasteiger partial charge in [0.05, 0.1) is 0 Å². The normalized spacial score (nSPS) is 19.0. The third-order valence-corrected chi connectivity index (χ3v) is 2.38. The minimum Gasteiger partial charge on any atom is -0.299 e. The van der Waals surface area contributed by atoms with E-state index in [9.17, 15) is 0 Å². The summed E-state index contributed by atoms with van der Waals surface area (Å²) in [5.41, 5.74) is 2.84. The van der Waals surface area contributed by atoms with E-state index in [1.165, 1.54) is 25.1 Å². The molecule has 0 N–H and O–H groups in total. The molecule has 0 bridgehead atoms. The third-order valence-electron chi connectivity index (χ3n) is 2.38. The van der Waals surface area contributed by atoms with Crippen molar-refractivity contribution in [1.29, 1.82) is 0 Å². The third kappa shape index (κ3) is 3.22. The zero-order valence-corrected chi connectivity index (χ0v) is 8.27. The minimum absolute atomic E-state index is 1.14. The largest absolute Gasteiger partial charge is 0.299 e. The van der Waals surface area contributed by atoms with Crippen molar-refractivity contribution >= 4 is 0 Å². The van der Waals surface area contributed by atoms with Gasteiger partial charge in [-0.25, -0.2) is 0 Å². The molecular weight excluding hydrogens is 146 g/mol. The van der Waals surface area contributed by atoms with E-state index in [0.29, 0.717) is 0 Å². The Balaban J connectivity index is 2.23. The van der Waals surface area contributed by atoms with Crippen LogP contribution in [-0.2, 0) is 0 Å². The lowest BCUT2D eigenvalue weighted by Crippen LogP contribution is -2.29. The van der Waals surface area contributed by atoms with Gasteiger partial charge in [-0.2, -0.15) is 0 Å². The molecule has 68 valence electrons. The smallest absolute Gasteiger partial charge is 0.0165 e. The van der Waals surface area contributed by atoms with Gasteiger partial charge in [0, 0.05) is 19.6 Å². The van der Waals surface area contributed by atoms with Crippen molar-refractivity contribution in [1.82, 2.24) is 4.90 Å². The summed E-state index contributed by atoms with van der Waals surface area (Å²) >= 11 is 0. The van der Waals surface area contributed by atoms with Crippen LogP contribution < -0.4 is 0 Å². The maximum absolute atomic E-state index is 3.91. The van der Waals surface area contributed by atoms with Crippen LogP contribution in [-0.4, -0.2) is 24.5 Å². The van der Waals surface area contributed by atoms with Gasteiger partial charge in [0.15, 0.2) is 0 Å². The minimum atomic E-state index is 1.14. The van der Waals surface area contributed by atoms with Crippen molar-refractivity contribution in [2.45, 2.75) is 26.7 Å². The Kier molecular flexibility index (Phi) is 3.54. The van der Waals surface area contributed by atoms with Gasteiger partial charge in [-0.1, -0.05) is 17.2 Å². The van der Waals surface area contributed by atoms with Crippen LogP contribution in [0.3, 0.4) is 0 Å². The molecule has 0 radical (unpaired) electrons. The molecule has 1 aliphatic heterocycles. The zero-order valence-electron chi connectivity index (χ0n) is 8.27. The van der Waals surface area contributed by atoms with Crippen LogP contribution in [0.1, 0.15) is 26.7 Å². The molecule has 1 heteroatoms. The SMILES string of the molecule is C=C(C)CCN1CC=C(C)CC1. The van der Waals surface area contributed by atoms with Crippen LogP contribution in [0.25, 0.3) is 0 Å². The van der Waals surface area contributed by atoms with Gasteiger partial charge in [-0.3, -0.25) is 4.90 Å². The van der Waals surface area contributed by atoms with Crippen molar-refractivity contribution in [3.8, 4) is 0 Å². The lowest BCUT2D eigenvalue weighted by atomic mass is 10.1. The Morgan fingerprint density at radius 2 is 2.42 bits per heavy atom. The Morgan fingerprint density at radius 3 is 2.92 bits per heavy atom. The molecule has 1 aliphatic rings. The summed E-state index contributed by atoms with van der Waals surface area (Å²) < 4.78 is 0. The van der Waals surface area contributed by atoms with Gasteiger partial charge in [0.25, 0.3) is 0 Å². The van der Waals surface area contributed by atoms with Gasteiger partial charge in [-0.05, 0) is 26.7 Å². The van der Waals surface area contributed by atoms with E-state index in [-0.39, 0.29) is 0 Å². The maximum atomic E-state index is 3.91. The van der Waals surface area contributed by atoms with E-state index in [0.717, 1.165) is 13.0 Å². The van der Waals surface area contributed by atoms with Crippen molar-refractivity contribution in [2.24, 2.45) is 0 Å². The molecule has 0 aromatic carbocycles. The quantitative estimate of drug-likeness (QED) is 0.581. The highest BCUT2D eigenvalue weighted by Crippen LogP contribution is 2.10. The van der Waals surface area contributed by atoms with Crippen molar-refractivity contribution in [3.05, 3.63) is 23.8 Å². The molecule has 0 fully saturated rings. The second-order valence-electron chi connectivity index (χ2n) is 3.81. The van der Waals surface area contributed by atoms with Gasteiger partial charge >= 0.3 is 0 Å². The van der Waals surface area contributed by atoms with E-state index in [1.807, 2.05) is 0 Å². The molecule has 0 aliphatic carbocycles. The first-order valence-corrected chi connectivity index (χ1v) is 4.71. The molecule has 0 spiro atoms. The van der Waals surface area contributed by atoms with E-state index in [4.69, 9.17) is 0 Å². The second kappa shape index (κ2) is 4.46. The molecule has 0 unspecified atom stereocenters. The summed E-state index contributed by atoms with van der Waals surface area (Å²) in [6.45, 7) is 11.8. The van der Waals surface area contributed by atoms with Crippen LogP contribution in [0.5, 0.6) is 0 Å². The second-order valence-corrected chi connectivity index (χ2v) is 3.81. The van der Waals surface area contributed by atoms with Gasteiger partial charge in [0.2, 0.25) is 0 Å². The van der Waals surface area contributed by atoms with Crippen molar-refractivity contribution in [3.63, 3.8) is 0 Å². The molecule has 1 rings (SSSR count). The number of hydrogen-bond donors (Lipinski definition) is 0. The van der Waals surface area contributed by atoms with E-state index < -0.39 is 0 Å². The predicted octanol–water partition coefficient (Wildman–Crippen LogP) is 2.60. The Morgan fingerprint density at radius 1 is 1.67 bits per heavy atom. The van der Waals surface area contributed by atoms with Gasteiger partial charge in [0.1, 0.15) is 0 Å². The number of nitrogens with zero attached hydrogens (tertiary/aromatic N) is 1. The van der Waals surface area contributed by atoms with E-state index in [1.54, 1.807) is 5.57 Å². The first-order valence-electron chi connectivity index (χ1n) is 4.71. The van der Waals surface area contributed by atoms with E-state index >= 15 is 0 Å². The molecule has 0 amide bonds. The Bertz CT molecular complexity index is 191. The molecular formula is C11H19N. The molecule has 0 saturated heterocycles. The first-order chi connectivity index (χ1) is 5.68. The highest BCUT2D eigenvalue weighted by molar-refractivity contribution is 5.04. The summed E-state index contributed by atoms with van der Waals surface area (Å²) in [5.74, 6) is 0. The Hall–Kier alpha value is -0.560. The molecule has 0 aromatic heterocycles. The summed E-state index contributed by atoms with van der Waals surface area (Å²) in [4.78, 5) is 2.49. The maximum Gasteiger partial charge on any atom is 0.0165 e. The summed E-state index contributed by atoms with van der Waals surface area (Å²) in [5, 5.41) is 0.